The highest BCUT2D eigenvalue weighted by molar-refractivity contribution is 6.30. The number of halogens is 1. The number of likely N-dealkylation sites (tertiary alicyclic amines) is 1. The highest BCUT2D eigenvalue weighted by atomic mass is 35.5. The molecule has 1 aromatic heterocycles. The summed E-state index contributed by atoms with van der Waals surface area (Å²) >= 11 is 5.94. The third-order valence-electron chi connectivity index (χ3n) is 4.60. The molecule has 0 saturated carbocycles. The fourth-order valence-corrected chi connectivity index (χ4v) is 3.37. The van der Waals surface area contributed by atoms with Crippen LogP contribution < -0.4 is 0 Å². The molecule has 3 aromatic rings. The van der Waals surface area contributed by atoms with Crippen LogP contribution in [0.3, 0.4) is 0 Å². The smallest absolute Gasteiger partial charge is 0.249 e. The number of nitrogens with zero attached hydrogens (tertiary/aromatic N) is 3. The Balaban J connectivity index is 1.58. The summed E-state index contributed by atoms with van der Waals surface area (Å²) in [4.78, 5) is 18.7. The fourth-order valence-electron chi connectivity index (χ4n) is 3.25. The van der Waals surface area contributed by atoms with E-state index in [4.69, 9.17) is 16.1 Å². The lowest BCUT2D eigenvalue weighted by atomic mass is 10.1. The Morgan fingerprint density at radius 2 is 2.04 bits per heavy atom. The summed E-state index contributed by atoms with van der Waals surface area (Å²) in [6, 6.07) is 15.3. The molecule has 2 aromatic carbocycles. The van der Waals surface area contributed by atoms with Gasteiger partial charge in [0, 0.05) is 23.6 Å². The lowest BCUT2D eigenvalue weighted by Gasteiger charge is -2.22. The molecule has 2 heterocycles. The van der Waals surface area contributed by atoms with E-state index >= 15 is 0 Å². The van der Waals surface area contributed by atoms with Crippen molar-refractivity contribution in [2.75, 3.05) is 0 Å². The van der Waals surface area contributed by atoms with Crippen molar-refractivity contribution in [2.24, 2.45) is 0 Å². The first-order chi connectivity index (χ1) is 12.6. The van der Waals surface area contributed by atoms with Crippen LogP contribution in [0.5, 0.6) is 0 Å². The minimum absolute atomic E-state index is 0.0975. The standard InChI is InChI=1S/C20H18ClN3O2/c1-13-3-2-4-15(11-13)19-22-20(26-23-19)17-9-10-18(25)24(17)12-14-5-7-16(21)8-6-14/h2-8,11,17H,9-10,12H2,1H3. The van der Waals surface area contributed by atoms with Gasteiger partial charge in [-0.05, 0) is 37.1 Å². The first kappa shape index (κ1) is 16.8. The number of rotatable bonds is 4. The number of carbonyl (C=O) groups is 1. The summed E-state index contributed by atoms with van der Waals surface area (Å²) in [6.45, 7) is 2.52. The van der Waals surface area contributed by atoms with Crippen LogP contribution in [0, 0.1) is 6.92 Å². The molecule has 132 valence electrons. The monoisotopic (exact) mass is 367 g/mol. The Hall–Kier alpha value is -2.66. The van der Waals surface area contributed by atoms with E-state index in [9.17, 15) is 4.79 Å². The van der Waals surface area contributed by atoms with Gasteiger partial charge >= 0.3 is 0 Å². The predicted octanol–water partition coefficient (Wildman–Crippen LogP) is 4.56. The Labute approximate surface area is 156 Å². The Morgan fingerprint density at radius 3 is 2.81 bits per heavy atom. The molecule has 6 heteroatoms. The summed E-state index contributed by atoms with van der Waals surface area (Å²) in [5.41, 5.74) is 3.07. The van der Waals surface area contributed by atoms with Crippen LogP contribution in [-0.2, 0) is 11.3 Å². The number of hydrogen-bond donors (Lipinski definition) is 0. The third kappa shape index (κ3) is 3.35. The molecule has 0 aliphatic carbocycles. The topological polar surface area (TPSA) is 59.2 Å². The van der Waals surface area contributed by atoms with Gasteiger partial charge in [0.05, 0.1) is 0 Å². The van der Waals surface area contributed by atoms with E-state index in [1.165, 1.54) is 0 Å². The highest BCUT2D eigenvalue weighted by Gasteiger charge is 2.36. The summed E-state index contributed by atoms with van der Waals surface area (Å²) in [6.07, 6.45) is 1.17. The zero-order valence-electron chi connectivity index (χ0n) is 14.4. The van der Waals surface area contributed by atoms with Gasteiger partial charge in [-0.1, -0.05) is 52.7 Å². The van der Waals surface area contributed by atoms with Crippen molar-refractivity contribution in [2.45, 2.75) is 32.4 Å². The van der Waals surface area contributed by atoms with E-state index in [1.54, 1.807) is 4.90 Å². The molecule has 0 radical (unpaired) electrons. The average Bonchev–Trinajstić information content (AvgIpc) is 3.25. The summed E-state index contributed by atoms with van der Waals surface area (Å²) in [5.74, 6) is 1.14. The van der Waals surface area contributed by atoms with E-state index < -0.39 is 0 Å². The molecule has 1 amide bonds. The van der Waals surface area contributed by atoms with Gasteiger partial charge in [-0.3, -0.25) is 4.79 Å². The quantitative estimate of drug-likeness (QED) is 0.678. The van der Waals surface area contributed by atoms with Crippen molar-refractivity contribution in [1.29, 1.82) is 0 Å². The van der Waals surface area contributed by atoms with Gasteiger partial charge in [-0.25, -0.2) is 0 Å². The minimum atomic E-state index is -0.191. The minimum Gasteiger partial charge on any atom is -0.337 e. The van der Waals surface area contributed by atoms with Crippen LogP contribution in [0.1, 0.15) is 35.9 Å². The molecule has 5 nitrogen and oxygen atoms in total. The van der Waals surface area contributed by atoms with E-state index in [0.717, 1.165) is 16.7 Å². The van der Waals surface area contributed by atoms with Crippen molar-refractivity contribution >= 4 is 17.5 Å². The van der Waals surface area contributed by atoms with Crippen molar-refractivity contribution in [3.63, 3.8) is 0 Å². The maximum atomic E-state index is 12.4. The SMILES string of the molecule is Cc1cccc(-c2noc(C3CCC(=O)N3Cc3ccc(Cl)cc3)n2)c1. The Kier molecular flexibility index (Phi) is 4.47. The van der Waals surface area contributed by atoms with Gasteiger partial charge in [-0.2, -0.15) is 4.98 Å². The number of benzene rings is 2. The van der Waals surface area contributed by atoms with Gasteiger partial charge in [0.25, 0.3) is 0 Å². The Morgan fingerprint density at radius 1 is 1.23 bits per heavy atom. The van der Waals surface area contributed by atoms with Crippen LogP contribution in [-0.4, -0.2) is 20.9 Å². The first-order valence-corrected chi connectivity index (χ1v) is 8.92. The maximum Gasteiger partial charge on any atom is 0.249 e. The second-order valence-corrected chi connectivity index (χ2v) is 6.96. The molecular formula is C20H18ClN3O2. The Bertz CT molecular complexity index is 936. The molecule has 1 unspecified atom stereocenters. The van der Waals surface area contributed by atoms with Crippen LogP contribution in [0.2, 0.25) is 5.02 Å². The van der Waals surface area contributed by atoms with Crippen LogP contribution >= 0.6 is 11.6 Å². The molecule has 4 rings (SSSR count). The van der Waals surface area contributed by atoms with E-state index in [1.807, 2.05) is 55.5 Å². The van der Waals surface area contributed by atoms with Gasteiger partial charge in [0.2, 0.25) is 17.6 Å². The number of aryl methyl sites for hydroxylation is 1. The second-order valence-electron chi connectivity index (χ2n) is 6.53. The van der Waals surface area contributed by atoms with Crippen LogP contribution in [0.4, 0.5) is 0 Å². The first-order valence-electron chi connectivity index (χ1n) is 8.55. The van der Waals surface area contributed by atoms with Crippen molar-refractivity contribution in [1.82, 2.24) is 15.0 Å². The summed E-state index contributed by atoms with van der Waals surface area (Å²) in [7, 11) is 0. The van der Waals surface area contributed by atoms with Gasteiger partial charge in [0.1, 0.15) is 6.04 Å². The van der Waals surface area contributed by atoms with E-state index in [-0.39, 0.29) is 11.9 Å². The number of carbonyl (C=O) groups excluding carboxylic acids is 1. The normalized spacial score (nSPS) is 17.1. The molecule has 0 bridgehead atoms. The third-order valence-corrected chi connectivity index (χ3v) is 4.85. The summed E-state index contributed by atoms with van der Waals surface area (Å²) < 4.78 is 5.50. The molecule has 0 N–H and O–H groups in total. The number of hydrogen-bond acceptors (Lipinski definition) is 4. The van der Waals surface area contributed by atoms with Gasteiger partial charge in [-0.15, -0.1) is 0 Å². The van der Waals surface area contributed by atoms with Crippen LogP contribution in [0.25, 0.3) is 11.4 Å². The lowest BCUT2D eigenvalue weighted by molar-refractivity contribution is -0.129. The number of amides is 1. The number of aromatic nitrogens is 2. The zero-order valence-corrected chi connectivity index (χ0v) is 15.1. The zero-order chi connectivity index (χ0) is 18.1. The lowest BCUT2D eigenvalue weighted by Crippen LogP contribution is -2.27. The second kappa shape index (κ2) is 6.92. The molecule has 1 aliphatic heterocycles. The largest absolute Gasteiger partial charge is 0.337 e. The fraction of sp³-hybridized carbons (Fsp3) is 0.250. The van der Waals surface area contributed by atoms with E-state index in [2.05, 4.69) is 10.1 Å². The summed E-state index contributed by atoms with van der Waals surface area (Å²) in [5, 5.41) is 4.79. The predicted molar refractivity (Wildman–Crippen MR) is 98.4 cm³/mol. The molecule has 0 spiro atoms. The molecule has 1 atom stereocenters. The molecule has 1 aliphatic rings. The van der Waals surface area contributed by atoms with Crippen LogP contribution in [0.15, 0.2) is 53.1 Å². The van der Waals surface area contributed by atoms with E-state index in [0.29, 0.717) is 36.1 Å². The van der Waals surface area contributed by atoms with Crippen molar-refractivity contribution in [3.8, 4) is 11.4 Å². The molecule has 1 fully saturated rings. The maximum absolute atomic E-state index is 12.4. The van der Waals surface area contributed by atoms with Crippen molar-refractivity contribution in [3.05, 3.63) is 70.6 Å². The molecular weight excluding hydrogens is 350 g/mol. The molecule has 26 heavy (non-hydrogen) atoms. The molecule has 1 saturated heterocycles. The van der Waals surface area contributed by atoms with Crippen molar-refractivity contribution < 1.29 is 9.32 Å². The van der Waals surface area contributed by atoms with Gasteiger partial charge in [0.15, 0.2) is 0 Å². The average molecular weight is 368 g/mol. The van der Waals surface area contributed by atoms with Gasteiger partial charge < -0.3 is 9.42 Å². The highest BCUT2D eigenvalue weighted by Crippen LogP contribution is 2.34.